The van der Waals surface area contributed by atoms with Crippen molar-refractivity contribution >= 4 is 53.0 Å². The van der Waals surface area contributed by atoms with Gasteiger partial charge >= 0.3 is 0 Å². The van der Waals surface area contributed by atoms with E-state index in [4.69, 9.17) is 0 Å². The smallest absolute Gasteiger partial charge is 0.191 e. The van der Waals surface area contributed by atoms with E-state index in [0.717, 1.165) is 35.0 Å². The third kappa shape index (κ3) is 5.40. The van der Waals surface area contributed by atoms with Crippen molar-refractivity contribution in [3.05, 3.63) is 15.6 Å². The van der Waals surface area contributed by atoms with Crippen molar-refractivity contribution in [2.24, 2.45) is 4.99 Å². The summed E-state index contributed by atoms with van der Waals surface area (Å²) >= 11 is 3.81. The van der Waals surface area contributed by atoms with Gasteiger partial charge < -0.3 is 10.6 Å². The molecule has 0 bridgehead atoms. The number of hydrogen-bond acceptors (Lipinski definition) is 4. The lowest BCUT2D eigenvalue weighted by molar-refractivity contribution is 0.726. The van der Waals surface area contributed by atoms with Gasteiger partial charge in [0.25, 0.3) is 0 Å². The van der Waals surface area contributed by atoms with Gasteiger partial charge in [-0.25, -0.2) is 4.98 Å². The molecule has 0 spiro atoms. The highest BCUT2D eigenvalue weighted by molar-refractivity contribution is 14.0. The summed E-state index contributed by atoms with van der Waals surface area (Å²) in [6.07, 6.45) is 2.67. The van der Waals surface area contributed by atoms with Gasteiger partial charge in [0.05, 0.1) is 17.2 Å². The zero-order valence-electron chi connectivity index (χ0n) is 12.2. The van der Waals surface area contributed by atoms with Crippen LogP contribution in [0.3, 0.4) is 0 Å². The molecule has 1 aromatic heterocycles. The minimum atomic E-state index is 0. The first-order valence-electron chi connectivity index (χ1n) is 6.68. The minimum absolute atomic E-state index is 0. The van der Waals surface area contributed by atoms with Gasteiger partial charge in [0.15, 0.2) is 5.96 Å². The van der Waals surface area contributed by atoms with E-state index in [1.165, 1.54) is 23.5 Å². The number of hydrogen-bond donors (Lipinski definition) is 2. The highest BCUT2D eigenvalue weighted by Gasteiger charge is 2.15. The number of guanidine groups is 1. The molecule has 1 atom stereocenters. The third-order valence-corrected chi connectivity index (χ3v) is 5.63. The second-order valence-electron chi connectivity index (χ2n) is 4.68. The van der Waals surface area contributed by atoms with Crippen LogP contribution in [0.4, 0.5) is 0 Å². The molecule has 0 aliphatic carbocycles. The van der Waals surface area contributed by atoms with Gasteiger partial charge in [0.1, 0.15) is 0 Å². The van der Waals surface area contributed by atoms with Crippen LogP contribution in [0.15, 0.2) is 4.99 Å². The Balaban J connectivity index is 0.00000200. The number of rotatable bonds is 4. The van der Waals surface area contributed by atoms with E-state index >= 15 is 0 Å². The zero-order chi connectivity index (χ0) is 13.7. The number of aryl methyl sites for hydroxylation is 2. The standard InChI is InChI=1S/C13H22N4S2.HI/c1-9-12(19-10(2)17-9)8-16-13(14-3)15-7-11-5-4-6-18-11;/h11H,4-8H2,1-3H3,(H2,14,15,16);1H. The van der Waals surface area contributed by atoms with Crippen molar-refractivity contribution < 1.29 is 0 Å². The van der Waals surface area contributed by atoms with Gasteiger partial charge in [-0.15, -0.1) is 35.3 Å². The molecule has 0 aromatic carbocycles. The molecule has 0 saturated carbocycles. The number of aliphatic imine (C=N–C) groups is 1. The highest BCUT2D eigenvalue weighted by atomic mass is 127. The molecule has 1 saturated heterocycles. The number of thiazole rings is 1. The minimum Gasteiger partial charge on any atom is -0.355 e. The molecule has 20 heavy (non-hydrogen) atoms. The first-order valence-corrected chi connectivity index (χ1v) is 8.54. The predicted molar refractivity (Wildman–Crippen MR) is 101 cm³/mol. The number of nitrogens with zero attached hydrogens (tertiary/aromatic N) is 2. The monoisotopic (exact) mass is 426 g/mol. The lowest BCUT2D eigenvalue weighted by atomic mass is 10.2. The average molecular weight is 426 g/mol. The van der Waals surface area contributed by atoms with Gasteiger partial charge in [-0.3, -0.25) is 4.99 Å². The maximum Gasteiger partial charge on any atom is 0.191 e. The Morgan fingerprint density at radius 1 is 1.40 bits per heavy atom. The van der Waals surface area contributed by atoms with E-state index in [2.05, 4.69) is 39.3 Å². The lowest BCUT2D eigenvalue weighted by Crippen LogP contribution is -2.39. The largest absolute Gasteiger partial charge is 0.355 e. The number of nitrogens with one attached hydrogen (secondary N) is 2. The molecule has 114 valence electrons. The summed E-state index contributed by atoms with van der Waals surface area (Å²) in [7, 11) is 1.82. The fourth-order valence-corrected chi connectivity index (χ4v) is 4.22. The summed E-state index contributed by atoms with van der Waals surface area (Å²) in [5.41, 5.74) is 1.12. The molecule has 4 nitrogen and oxygen atoms in total. The van der Waals surface area contributed by atoms with Crippen molar-refractivity contribution in [1.82, 2.24) is 15.6 Å². The second-order valence-corrected chi connectivity index (χ2v) is 7.38. The Labute approximate surface area is 146 Å². The molecular formula is C13H23IN4S2. The van der Waals surface area contributed by atoms with E-state index < -0.39 is 0 Å². The van der Waals surface area contributed by atoms with Gasteiger partial charge in [0.2, 0.25) is 0 Å². The van der Waals surface area contributed by atoms with E-state index in [1.54, 1.807) is 11.3 Å². The van der Waals surface area contributed by atoms with Crippen molar-refractivity contribution in [1.29, 1.82) is 0 Å². The summed E-state index contributed by atoms with van der Waals surface area (Å²) < 4.78 is 0. The van der Waals surface area contributed by atoms with Crippen LogP contribution in [-0.2, 0) is 6.54 Å². The van der Waals surface area contributed by atoms with Crippen LogP contribution in [0.25, 0.3) is 0 Å². The Hall–Kier alpha value is -0.0200. The average Bonchev–Trinajstić information content (AvgIpc) is 3.00. The fourth-order valence-electron chi connectivity index (χ4n) is 2.14. The summed E-state index contributed by atoms with van der Waals surface area (Å²) in [6.45, 7) is 5.91. The maximum atomic E-state index is 4.44. The summed E-state index contributed by atoms with van der Waals surface area (Å²) in [5.74, 6) is 2.19. The Kier molecular flexibility index (Phi) is 8.20. The molecule has 1 unspecified atom stereocenters. The molecule has 2 heterocycles. The SMILES string of the molecule is CN=C(NCc1sc(C)nc1C)NCC1CCCS1.I. The molecule has 7 heteroatoms. The predicted octanol–water partition coefficient (Wildman–Crippen LogP) is 2.94. The summed E-state index contributed by atoms with van der Waals surface area (Å²) in [5, 5.41) is 8.64. The van der Waals surface area contributed by atoms with E-state index in [-0.39, 0.29) is 24.0 Å². The van der Waals surface area contributed by atoms with Crippen molar-refractivity contribution in [2.75, 3.05) is 19.3 Å². The maximum absolute atomic E-state index is 4.44. The first kappa shape index (κ1) is 18.0. The Morgan fingerprint density at radius 2 is 2.20 bits per heavy atom. The van der Waals surface area contributed by atoms with Gasteiger partial charge in [0, 0.05) is 23.7 Å². The lowest BCUT2D eigenvalue weighted by Gasteiger charge is -2.14. The number of aromatic nitrogens is 1. The molecule has 1 aliphatic rings. The van der Waals surface area contributed by atoms with Crippen molar-refractivity contribution in [3.63, 3.8) is 0 Å². The van der Waals surface area contributed by atoms with Crippen LogP contribution in [-0.4, -0.2) is 35.5 Å². The fraction of sp³-hybridized carbons (Fsp3) is 0.692. The molecule has 1 aliphatic heterocycles. The summed E-state index contributed by atoms with van der Waals surface area (Å²) in [4.78, 5) is 10.00. The number of thioether (sulfide) groups is 1. The van der Waals surface area contributed by atoms with E-state index in [9.17, 15) is 0 Å². The van der Waals surface area contributed by atoms with Crippen LogP contribution in [0.2, 0.25) is 0 Å². The van der Waals surface area contributed by atoms with Gasteiger partial charge in [-0.1, -0.05) is 0 Å². The van der Waals surface area contributed by atoms with E-state index in [0.29, 0.717) is 0 Å². The molecule has 0 amide bonds. The van der Waals surface area contributed by atoms with Crippen LogP contribution in [0.5, 0.6) is 0 Å². The Morgan fingerprint density at radius 3 is 2.75 bits per heavy atom. The molecule has 0 radical (unpaired) electrons. The molecule has 1 fully saturated rings. The number of halogens is 1. The molecular weight excluding hydrogens is 403 g/mol. The zero-order valence-corrected chi connectivity index (χ0v) is 16.2. The second kappa shape index (κ2) is 9.09. The quantitative estimate of drug-likeness (QED) is 0.442. The van der Waals surface area contributed by atoms with Crippen LogP contribution >= 0.6 is 47.1 Å². The van der Waals surface area contributed by atoms with Gasteiger partial charge in [-0.05, 0) is 32.4 Å². The topological polar surface area (TPSA) is 49.3 Å². The van der Waals surface area contributed by atoms with Gasteiger partial charge in [-0.2, -0.15) is 11.8 Å². The first-order chi connectivity index (χ1) is 9.19. The Bertz CT molecular complexity index is 442. The van der Waals surface area contributed by atoms with Crippen molar-refractivity contribution in [3.8, 4) is 0 Å². The molecule has 2 rings (SSSR count). The molecule has 2 N–H and O–H groups in total. The summed E-state index contributed by atoms with van der Waals surface area (Å²) in [6, 6.07) is 0. The van der Waals surface area contributed by atoms with Crippen LogP contribution in [0.1, 0.15) is 28.4 Å². The van der Waals surface area contributed by atoms with Crippen LogP contribution in [0, 0.1) is 13.8 Å². The van der Waals surface area contributed by atoms with E-state index in [1.807, 2.05) is 14.0 Å². The highest BCUT2D eigenvalue weighted by Crippen LogP contribution is 2.25. The normalized spacial score (nSPS) is 18.8. The van der Waals surface area contributed by atoms with Crippen LogP contribution < -0.4 is 10.6 Å². The third-order valence-electron chi connectivity index (χ3n) is 3.16. The van der Waals surface area contributed by atoms with Crippen molar-refractivity contribution in [2.45, 2.75) is 38.5 Å². The molecule has 1 aromatic rings.